The van der Waals surface area contributed by atoms with Gasteiger partial charge in [0.25, 0.3) is 0 Å². The lowest BCUT2D eigenvalue weighted by Crippen LogP contribution is -2.10. The van der Waals surface area contributed by atoms with Crippen LogP contribution in [0.25, 0.3) is 11.3 Å². The van der Waals surface area contributed by atoms with E-state index in [2.05, 4.69) is 54.7 Å². The van der Waals surface area contributed by atoms with Crippen molar-refractivity contribution in [2.45, 2.75) is 13.1 Å². The number of halogens is 2. The van der Waals surface area contributed by atoms with E-state index in [1.54, 1.807) is 11.3 Å². The maximum atomic E-state index is 5.91. The molecular formula is C16H13Br2NOS. The molecule has 3 rings (SSSR count). The molecular weight excluding hydrogens is 414 g/mol. The summed E-state index contributed by atoms with van der Waals surface area (Å²) >= 11 is 8.78. The Bertz CT molecular complexity index is 722. The van der Waals surface area contributed by atoms with Crippen LogP contribution in [0.4, 0.5) is 0 Å². The fraction of sp³-hybridized carbons (Fsp3) is 0.125. The number of hydrogen-bond acceptors (Lipinski definition) is 3. The van der Waals surface area contributed by atoms with Gasteiger partial charge in [-0.15, -0.1) is 11.3 Å². The SMILES string of the molecule is Brc1ccc(-c2ccc(CNCc3cccs3)o2)c(Br)c1. The lowest BCUT2D eigenvalue weighted by molar-refractivity contribution is 0.494. The molecule has 0 aliphatic heterocycles. The fourth-order valence-corrected chi connectivity index (χ4v) is 3.95. The maximum Gasteiger partial charge on any atom is 0.135 e. The third kappa shape index (κ3) is 3.86. The van der Waals surface area contributed by atoms with E-state index in [0.29, 0.717) is 0 Å². The quantitative estimate of drug-likeness (QED) is 0.555. The van der Waals surface area contributed by atoms with Crippen LogP contribution in [0.5, 0.6) is 0 Å². The van der Waals surface area contributed by atoms with Crippen molar-refractivity contribution < 1.29 is 4.42 Å². The zero-order chi connectivity index (χ0) is 14.7. The van der Waals surface area contributed by atoms with Gasteiger partial charge in [0.15, 0.2) is 0 Å². The Morgan fingerprint density at radius 1 is 1.05 bits per heavy atom. The summed E-state index contributed by atoms with van der Waals surface area (Å²) in [6.45, 7) is 1.60. The van der Waals surface area contributed by atoms with Crippen LogP contribution >= 0.6 is 43.2 Å². The minimum absolute atomic E-state index is 0.728. The van der Waals surface area contributed by atoms with Gasteiger partial charge < -0.3 is 9.73 Å². The maximum absolute atomic E-state index is 5.91. The molecule has 2 nitrogen and oxygen atoms in total. The fourth-order valence-electron chi connectivity index (χ4n) is 2.03. The van der Waals surface area contributed by atoms with Gasteiger partial charge in [0.05, 0.1) is 6.54 Å². The first kappa shape index (κ1) is 15.0. The molecule has 0 radical (unpaired) electrons. The van der Waals surface area contributed by atoms with Crippen molar-refractivity contribution in [2.75, 3.05) is 0 Å². The second kappa shape index (κ2) is 6.92. The first-order chi connectivity index (χ1) is 10.2. The summed E-state index contributed by atoms with van der Waals surface area (Å²) in [7, 11) is 0. The van der Waals surface area contributed by atoms with Gasteiger partial charge in [0.2, 0.25) is 0 Å². The van der Waals surface area contributed by atoms with Crippen molar-refractivity contribution >= 4 is 43.2 Å². The monoisotopic (exact) mass is 425 g/mol. The molecule has 1 N–H and O–H groups in total. The van der Waals surface area contributed by atoms with Gasteiger partial charge in [-0.05, 0) is 57.7 Å². The number of thiophene rings is 1. The van der Waals surface area contributed by atoms with Crippen LogP contribution in [0, 0.1) is 0 Å². The Kier molecular flexibility index (Phi) is 4.95. The van der Waals surface area contributed by atoms with Crippen molar-refractivity contribution in [3.05, 3.63) is 67.4 Å². The van der Waals surface area contributed by atoms with Crippen LogP contribution in [-0.2, 0) is 13.1 Å². The van der Waals surface area contributed by atoms with Gasteiger partial charge >= 0.3 is 0 Å². The molecule has 108 valence electrons. The Labute approximate surface area is 144 Å². The Balaban J connectivity index is 1.65. The van der Waals surface area contributed by atoms with E-state index in [1.807, 2.05) is 30.3 Å². The highest BCUT2D eigenvalue weighted by atomic mass is 79.9. The van der Waals surface area contributed by atoms with Gasteiger partial charge in [-0.25, -0.2) is 0 Å². The van der Waals surface area contributed by atoms with Crippen LogP contribution in [0.2, 0.25) is 0 Å². The van der Waals surface area contributed by atoms with Gasteiger partial charge in [-0.1, -0.05) is 22.0 Å². The molecule has 0 amide bonds. The third-order valence-electron chi connectivity index (χ3n) is 3.04. The Hall–Kier alpha value is -0.880. The zero-order valence-corrected chi connectivity index (χ0v) is 15.1. The van der Waals surface area contributed by atoms with Crippen molar-refractivity contribution in [3.8, 4) is 11.3 Å². The summed E-state index contributed by atoms with van der Waals surface area (Å²) in [5.74, 6) is 1.82. The molecule has 0 spiro atoms. The topological polar surface area (TPSA) is 25.2 Å². The van der Waals surface area contributed by atoms with E-state index in [-0.39, 0.29) is 0 Å². The van der Waals surface area contributed by atoms with E-state index >= 15 is 0 Å². The summed E-state index contributed by atoms with van der Waals surface area (Å²) < 4.78 is 7.97. The summed E-state index contributed by atoms with van der Waals surface area (Å²) in [5, 5.41) is 5.48. The molecule has 0 saturated heterocycles. The van der Waals surface area contributed by atoms with Gasteiger partial charge in [0, 0.05) is 25.9 Å². The summed E-state index contributed by atoms with van der Waals surface area (Å²) in [4.78, 5) is 1.33. The molecule has 0 aliphatic rings. The molecule has 0 bridgehead atoms. The minimum atomic E-state index is 0.728. The lowest BCUT2D eigenvalue weighted by Gasteiger charge is -2.03. The van der Waals surface area contributed by atoms with Crippen molar-refractivity contribution in [1.29, 1.82) is 0 Å². The predicted molar refractivity (Wildman–Crippen MR) is 94.4 cm³/mol. The predicted octanol–water partition coefficient (Wildman–Crippen LogP) is 5.82. The molecule has 2 aromatic heterocycles. The highest BCUT2D eigenvalue weighted by Crippen LogP contribution is 2.31. The molecule has 0 atom stereocenters. The second-order valence-corrected chi connectivity index (χ2v) is 7.38. The van der Waals surface area contributed by atoms with Crippen LogP contribution in [0.15, 0.2) is 61.2 Å². The van der Waals surface area contributed by atoms with Gasteiger partial charge in [0.1, 0.15) is 11.5 Å². The largest absolute Gasteiger partial charge is 0.460 e. The minimum Gasteiger partial charge on any atom is -0.460 e. The number of furan rings is 1. The Morgan fingerprint density at radius 3 is 2.71 bits per heavy atom. The number of nitrogens with one attached hydrogen (secondary N) is 1. The van der Waals surface area contributed by atoms with Gasteiger partial charge in [-0.2, -0.15) is 0 Å². The second-order valence-electron chi connectivity index (χ2n) is 4.57. The van der Waals surface area contributed by atoms with E-state index in [4.69, 9.17) is 4.42 Å². The van der Waals surface area contributed by atoms with Crippen LogP contribution in [-0.4, -0.2) is 0 Å². The lowest BCUT2D eigenvalue weighted by atomic mass is 10.2. The summed E-state index contributed by atoms with van der Waals surface area (Å²) in [6.07, 6.45) is 0. The van der Waals surface area contributed by atoms with Crippen molar-refractivity contribution in [3.63, 3.8) is 0 Å². The molecule has 21 heavy (non-hydrogen) atoms. The molecule has 0 saturated carbocycles. The van der Waals surface area contributed by atoms with Crippen molar-refractivity contribution in [2.24, 2.45) is 0 Å². The van der Waals surface area contributed by atoms with E-state index in [9.17, 15) is 0 Å². The summed E-state index contributed by atoms with van der Waals surface area (Å²) in [6, 6.07) is 14.3. The van der Waals surface area contributed by atoms with E-state index in [1.165, 1.54) is 4.88 Å². The molecule has 3 aromatic rings. The van der Waals surface area contributed by atoms with Crippen LogP contribution in [0.3, 0.4) is 0 Å². The number of hydrogen-bond donors (Lipinski definition) is 1. The number of benzene rings is 1. The molecule has 0 unspecified atom stereocenters. The van der Waals surface area contributed by atoms with Crippen molar-refractivity contribution in [1.82, 2.24) is 5.32 Å². The molecule has 5 heteroatoms. The number of rotatable bonds is 5. The summed E-state index contributed by atoms with van der Waals surface area (Å²) in [5.41, 5.74) is 1.06. The Morgan fingerprint density at radius 2 is 1.95 bits per heavy atom. The van der Waals surface area contributed by atoms with E-state index in [0.717, 1.165) is 39.1 Å². The highest BCUT2D eigenvalue weighted by Gasteiger charge is 2.08. The van der Waals surface area contributed by atoms with Crippen LogP contribution in [0.1, 0.15) is 10.6 Å². The molecule has 1 aromatic carbocycles. The van der Waals surface area contributed by atoms with Gasteiger partial charge in [-0.3, -0.25) is 0 Å². The first-order valence-electron chi connectivity index (χ1n) is 6.49. The third-order valence-corrected chi connectivity index (χ3v) is 5.06. The molecule has 0 fully saturated rings. The molecule has 2 heterocycles. The standard InChI is InChI=1S/C16H13Br2NOS/c17-11-3-5-14(15(18)8-11)16-6-4-12(20-16)9-19-10-13-2-1-7-21-13/h1-8,19H,9-10H2. The average Bonchev–Trinajstić information content (AvgIpc) is 3.10. The smallest absolute Gasteiger partial charge is 0.135 e. The molecule has 0 aliphatic carbocycles. The van der Waals surface area contributed by atoms with Crippen LogP contribution < -0.4 is 5.32 Å². The zero-order valence-electron chi connectivity index (χ0n) is 11.1. The average molecular weight is 427 g/mol. The normalized spacial score (nSPS) is 11.0. The van der Waals surface area contributed by atoms with E-state index < -0.39 is 0 Å². The first-order valence-corrected chi connectivity index (χ1v) is 8.96. The highest BCUT2D eigenvalue weighted by molar-refractivity contribution is 9.11.